The first-order valence-corrected chi connectivity index (χ1v) is 6.97. The van der Waals surface area contributed by atoms with E-state index in [1.54, 1.807) is 0 Å². The van der Waals surface area contributed by atoms with E-state index >= 15 is 0 Å². The van der Waals surface area contributed by atoms with Gasteiger partial charge >= 0.3 is 0 Å². The standard InChI is InChI=1S/C15H19N3S/c1-12-7-9-14(10-8-12)17-15(19)18-16-11-13-5-3-2-4-6-13/h2-3,7-11,13H,4-6H2,1H3,(H2,17,18,19)/b16-11-/t13-/m0/s1. The van der Waals surface area contributed by atoms with Crippen molar-refractivity contribution in [3.8, 4) is 0 Å². The molecule has 0 spiro atoms. The molecule has 3 nitrogen and oxygen atoms in total. The van der Waals surface area contributed by atoms with Crippen LogP contribution in [0.3, 0.4) is 0 Å². The highest BCUT2D eigenvalue weighted by atomic mass is 32.1. The molecule has 1 aliphatic rings. The second-order valence-corrected chi connectivity index (χ2v) is 5.16. The lowest BCUT2D eigenvalue weighted by atomic mass is 9.96. The van der Waals surface area contributed by atoms with Gasteiger partial charge in [-0.3, -0.25) is 5.43 Å². The third-order valence-electron chi connectivity index (χ3n) is 3.07. The molecule has 0 aromatic heterocycles. The first kappa shape index (κ1) is 13.7. The Labute approximate surface area is 119 Å². The second-order valence-electron chi connectivity index (χ2n) is 4.75. The molecule has 1 aromatic rings. The number of hydrazone groups is 1. The van der Waals surface area contributed by atoms with Gasteiger partial charge in [-0.05, 0) is 56.5 Å². The molecule has 0 unspecified atom stereocenters. The van der Waals surface area contributed by atoms with Gasteiger partial charge in [-0.2, -0.15) is 5.10 Å². The van der Waals surface area contributed by atoms with E-state index in [0.29, 0.717) is 11.0 Å². The zero-order valence-electron chi connectivity index (χ0n) is 11.1. The maximum Gasteiger partial charge on any atom is 0.191 e. The van der Waals surface area contributed by atoms with E-state index in [2.05, 4.69) is 34.9 Å². The van der Waals surface area contributed by atoms with Gasteiger partial charge in [0.1, 0.15) is 0 Å². The average Bonchev–Trinajstić information content (AvgIpc) is 2.43. The van der Waals surface area contributed by atoms with Gasteiger partial charge in [-0.1, -0.05) is 29.8 Å². The zero-order valence-corrected chi connectivity index (χ0v) is 11.9. The third-order valence-corrected chi connectivity index (χ3v) is 3.26. The lowest BCUT2D eigenvalue weighted by molar-refractivity contribution is 0.624. The maximum atomic E-state index is 5.19. The molecule has 0 heterocycles. The first-order chi connectivity index (χ1) is 9.24. The molecular formula is C15H19N3S. The largest absolute Gasteiger partial charge is 0.331 e. The van der Waals surface area contributed by atoms with Crippen LogP contribution in [0.1, 0.15) is 24.8 Å². The van der Waals surface area contributed by atoms with Crippen molar-refractivity contribution < 1.29 is 0 Å². The topological polar surface area (TPSA) is 36.4 Å². The molecular weight excluding hydrogens is 254 g/mol. The monoisotopic (exact) mass is 273 g/mol. The molecule has 1 aliphatic carbocycles. The molecule has 0 saturated carbocycles. The average molecular weight is 273 g/mol. The van der Waals surface area contributed by atoms with Crippen molar-refractivity contribution in [2.45, 2.75) is 26.2 Å². The van der Waals surface area contributed by atoms with Gasteiger partial charge in [0.15, 0.2) is 5.11 Å². The van der Waals surface area contributed by atoms with Crippen molar-refractivity contribution in [2.75, 3.05) is 5.32 Å². The van der Waals surface area contributed by atoms with Gasteiger partial charge in [0, 0.05) is 11.9 Å². The van der Waals surface area contributed by atoms with Gasteiger partial charge in [-0.15, -0.1) is 0 Å². The molecule has 0 amide bonds. The number of benzene rings is 1. The summed E-state index contributed by atoms with van der Waals surface area (Å²) in [5.74, 6) is 0.527. The minimum Gasteiger partial charge on any atom is -0.331 e. The number of nitrogens with one attached hydrogen (secondary N) is 2. The molecule has 0 fully saturated rings. The molecule has 0 radical (unpaired) electrons. The summed E-state index contributed by atoms with van der Waals surface area (Å²) < 4.78 is 0. The minimum absolute atomic E-state index is 0.520. The Morgan fingerprint density at radius 2 is 2.11 bits per heavy atom. The van der Waals surface area contributed by atoms with Gasteiger partial charge in [0.25, 0.3) is 0 Å². The second kappa shape index (κ2) is 7.04. The Bertz CT molecular complexity index is 477. The van der Waals surface area contributed by atoms with E-state index in [-0.39, 0.29) is 0 Å². The summed E-state index contributed by atoms with van der Waals surface area (Å²) >= 11 is 5.19. The number of nitrogens with zero attached hydrogens (tertiary/aromatic N) is 1. The lowest BCUT2D eigenvalue weighted by Gasteiger charge is -2.12. The van der Waals surface area contributed by atoms with Crippen molar-refractivity contribution in [2.24, 2.45) is 11.0 Å². The molecule has 1 atom stereocenters. The Morgan fingerprint density at radius 3 is 2.79 bits per heavy atom. The quantitative estimate of drug-likeness (QED) is 0.382. The molecule has 0 aliphatic heterocycles. The van der Waals surface area contributed by atoms with E-state index in [0.717, 1.165) is 18.5 Å². The summed E-state index contributed by atoms with van der Waals surface area (Å²) in [5, 5.41) is 7.82. The van der Waals surface area contributed by atoms with Crippen LogP contribution in [-0.4, -0.2) is 11.3 Å². The predicted molar refractivity (Wildman–Crippen MR) is 85.5 cm³/mol. The van der Waals surface area contributed by atoms with Crippen molar-refractivity contribution >= 4 is 29.2 Å². The van der Waals surface area contributed by atoms with Gasteiger partial charge in [0.2, 0.25) is 0 Å². The number of allylic oxidation sites excluding steroid dienone is 2. The first-order valence-electron chi connectivity index (χ1n) is 6.56. The Hall–Kier alpha value is -1.68. The number of aryl methyl sites for hydroxylation is 1. The van der Waals surface area contributed by atoms with Crippen LogP contribution in [0.5, 0.6) is 0 Å². The Balaban J connectivity index is 1.76. The molecule has 19 heavy (non-hydrogen) atoms. The van der Waals surface area contributed by atoms with E-state index in [9.17, 15) is 0 Å². The van der Waals surface area contributed by atoms with E-state index in [4.69, 9.17) is 12.2 Å². The van der Waals surface area contributed by atoms with Crippen LogP contribution < -0.4 is 10.7 Å². The maximum absolute atomic E-state index is 5.19. The molecule has 1 aromatic carbocycles. The summed E-state index contributed by atoms with van der Waals surface area (Å²) in [6.45, 7) is 2.06. The van der Waals surface area contributed by atoms with E-state index in [1.807, 2.05) is 30.5 Å². The fourth-order valence-electron chi connectivity index (χ4n) is 1.95. The van der Waals surface area contributed by atoms with Crippen molar-refractivity contribution in [3.63, 3.8) is 0 Å². The van der Waals surface area contributed by atoms with Gasteiger partial charge < -0.3 is 5.32 Å². The number of hydrogen-bond acceptors (Lipinski definition) is 2. The summed E-state index contributed by atoms with van der Waals surface area (Å²) in [6, 6.07) is 8.09. The summed E-state index contributed by atoms with van der Waals surface area (Å²) in [6.07, 6.45) is 9.77. The van der Waals surface area contributed by atoms with Crippen LogP contribution in [-0.2, 0) is 0 Å². The number of rotatable bonds is 3. The van der Waals surface area contributed by atoms with E-state index < -0.39 is 0 Å². The Morgan fingerprint density at radius 1 is 1.32 bits per heavy atom. The van der Waals surface area contributed by atoms with Crippen molar-refractivity contribution in [3.05, 3.63) is 42.0 Å². The van der Waals surface area contributed by atoms with Crippen molar-refractivity contribution in [1.29, 1.82) is 0 Å². The highest BCUT2D eigenvalue weighted by Crippen LogP contribution is 2.15. The highest BCUT2D eigenvalue weighted by Gasteiger charge is 2.06. The van der Waals surface area contributed by atoms with Gasteiger partial charge in [0.05, 0.1) is 0 Å². The molecule has 0 bridgehead atoms. The molecule has 2 N–H and O–H groups in total. The number of anilines is 1. The predicted octanol–water partition coefficient (Wildman–Crippen LogP) is 3.62. The molecule has 100 valence electrons. The zero-order chi connectivity index (χ0) is 13.5. The normalized spacial score (nSPS) is 18.5. The third kappa shape index (κ3) is 4.83. The summed E-state index contributed by atoms with van der Waals surface area (Å²) in [5.41, 5.74) is 5.06. The minimum atomic E-state index is 0.520. The highest BCUT2D eigenvalue weighted by molar-refractivity contribution is 7.80. The molecule has 4 heteroatoms. The van der Waals surface area contributed by atoms with Crippen LogP contribution in [0.25, 0.3) is 0 Å². The molecule has 2 rings (SSSR count). The Kier molecular flexibility index (Phi) is 5.10. The van der Waals surface area contributed by atoms with E-state index in [1.165, 1.54) is 12.0 Å². The van der Waals surface area contributed by atoms with Crippen LogP contribution in [0.2, 0.25) is 0 Å². The van der Waals surface area contributed by atoms with Crippen LogP contribution in [0.4, 0.5) is 5.69 Å². The van der Waals surface area contributed by atoms with Crippen LogP contribution in [0.15, 0.2) is 41.5 Å². The number of thiocarbonyl (C=S) groups is 1. The van der Waals surface area contributed by atoms with Gasteiger partial charge in [-0.25, -0.2) is 0 Å². The fraction of sp³-hybridized carbons (Fsp3) is 0.333. The summed E-state index contributed by atoms with van der Waals surface area (Å²) in [7, 11) is 0. The SMILES string of the molecule is Cc1ccc(NC(=S)N/N=C\[C@H]2CC=CCC2)cc1. The van der Waals surface area contributed by atoms with Crippen LogP contribution in [0, 0.1) is 12.8 Å². The fourth-order valence-corrected chi connectivity index (χ4v) is 2.12. The van der Waals surface area contributed by atoms with Crippen LogP contribution >= 0.6 is 12.2 Å². The number of hydrogen-bond donors (Lipinski definition) is 2. The summed E-state index contributed by atoms with van der Waals surface area (Å²) in [4.78, 5) is 0. The molecule has 0 saturated heterocycles. The lowest BCUT2D eigenvalue weighted by Crippen LogP contribution is -2.24. The smallest absolute Gasteiger partial charge is 0.191 e. The van der Waals surface area contributed by atoms with Crippen molar-refractivity contribution in [1.82, 2.24) is 5.43 Å².